The average Bonchev–Trinajstić information content (AvgIpc) is 2.69. The van der Waals surface area contributed by atoms with Gasteiger partial charge >= 0.3 is 6.03 Å². The summed E-state index contributed by atoms with van der Waals surface area (Å²) in [5.74, 6) is 0.675. The first-order chi connectivity index (χ1) is 8.59. The Bertz CT molecular complexity index is 402. The van der Waals surface area contributed by atoms with Gasteiger partial charge in [-0.25, -0.2) is 4.79 Å². The maximum absolute atomic E-state index is 12.2. The number of carbonyl (C=O) groups excluding carboxylic acids is 1. The van der Waals surface area contributed by atoms with Crippen LogP contribution in [0.4, 0.5) is 10.5 Å². The Kier molecular flexibility index (Phi) is 3.89. The summed E-state index contributed by atoms with van der Waals surface area (Å²) in [7, 11) is 1.75. The van der Waals surface area contributed by atoms with Crippen LogP contribution in [0.2, 0.25) is 0 Å². The van der Waals surface area contributed by atoms with Gasteiger partial charge in [-0.3, -0.25) is 4.90 Å². The first-order valence-corrected chi connectivity index (χ1v) is 6.56. The van der Waals surface area contributed by atoms with Gasteiger partial charge < -0.3 is 9.84 Å². The lowest BCUT2D eigenvalue weighted by atomic mass is 9.96. The monoisotopic (exact) mass is 251 g/mol. The number of aromatic nitrogens is 1. The molecule has 0 aliphatic heterocycles. The summed E-state index contributed by atoms with van der Waals surface area (Å²) in [6.07, 6.45) is 5.87. The predicted molar refractivity (Wildman–Crippen MR) is 69.8 cm³/mol. The molecule has 1 aromatic heterocycles. The summed E-state index contributed by atoms with van der Waals surface area (Å²) in [5.41, 5.74) is 1.51. The number of hydrogen-bond acceptors (Lipinski definition) is 3. The van der Waals surface area contributed by atoms with Crippen LogP contribution in [-0.2, 0) is 0 Å². The highest BCUT2D eigenvalue weighted by Crippen LogP contribution is 2.23. The number of anilines is 1. The molecule has 5 nitrogen and oxygen atoms in total. The molecule has 2 amide bonds. The molecular weight excluding hydrogens is 230 g/mol. The van der Waals surface area contributed by atoms with Crippen molar-refractivity contribution >= 4 is 11.7 Å². The molecule has 1 heterocycles. The van der Waals surface area contributed by atoms with Gasteiger partial charge in [-0.2, -0.15) is 0 Å². The number of aryl methyl sites for hydroxylation is 2. The Morgan fingerprint density at radius 3 is 2.56 bits per heavy atom. The molecule has 1 aromatic rings. The van der Waals surface area contributed by atoms with Crippen molar-refractivity contribution in [2.24, 2.45) is 0 Å². The van der Waals surface area contributed by atoms with Crippen LogP contribution in [0.5, 0.6) is 0 Å². The molecule has 18 heavy (non-hydrogen) atoms. The van der Waals surface area contributed by atoms with E-state index in [-0.39, 0.29) is 6.03 Å². The van der Waals surface area contributed by atoms with Gasteiger partial charge in [0, 0.05) is 13.1 Å². The summed E-state index contributed by atoms with van der Waals surface area (Å²) >= 11 is 0. The van der Waals surface area contributed by atoms with Crippen molar-refractivity contribution in [1.29, 1.82) is 0 Å². The van der Waals surface area contributed by atoms with E-state index in [2.05, 4.69) is 10.5 Å². The molecule has 5 heteroatoms. The SMILES string of the molecule is Cc1noc(C)c1N(C)C(=O)NC1CCCCC1. The van der Waals surface area contributed by atoms with Crippen molar-refractivity contribution in [2.75, 3.05) is 11.9 Å². The summed E-state index contributed by atoms with van der Waals surface area (Å²) in [5, 5.41) is 6.95. The van der Waals surface area contributed by atoms with Crippen molar-refractivity contribution < 1.29 is 9.32 Å². The second-order valence-electron chi connectivity index (χ2n) is 5.02. The molecule has 0 radical (unpaired) electrons. The minimum absolute atomic E-state index is 0.0729. The predicted octanol–water partition coefficient (Wildman–Crippen LogP) is 2.77. The van der Waals surface area contributed by atoms with Gasteiger partial charge in [-0.15, -0.1) is 0 Å². The van der Waals surface area contributed by atoms with E-state index in [0.717, 1.165) is 24.2 Å². The highest BCUT2D eigenvalue weighted by molar-refractivity contribution is 5.92. The lowest BCUT2D eigenvalue weighted by Gasteiger charge is -2.26. The number of carbonyl (C=O) groups is 1. The van der Waals surface area contributed by atoms with Crippen LogP contribution >= 0.6 is 0 Å². The summed E-state index contributed by atoms with van der Waals surface area (Å²) in [6, 6.07) is 0.241. The van der Waals surface area contributed by atoms with E-state index >= 15 is 0 Å². The van der Waals surface area contributed by atoms with Crippen LogP contribution in [0.1, 0.15) is 43.6 Å². The molecule has 0 atom stereocenters. The number of amides is 2. The maximum Gasteiger partial charge on any atom is 0.321 e. The molecule has 2 rings (SSSR count). The fraction of sp³-hybridized carbons (Fsp3) is 0.692. The van der Waals surface area contributed by atoms with E-state index in [0.29, 0.717) is 11.8 Å². The quantitative estimate of drug-likeness (QED) is 0.879. The molecule has 0 bridgehead atoms. The van der Waals surface area contributed by atoms with Crippen molar-refractivity contribution in [1.82, 2.24) is 10.5 Å². The molecule has 1 fully saturated rings. The Balaban J connectivity index is 2.00. The Morgan fingerprint density at radius 2 is 2.00 bits per heavy atom. The van der Waals surface area contributed by atoms with Crippen molar-refractivity contribution in [2.45, 2.75) is 52.0 Å². The number of nitrogens with one attached hydrogen (secondary N) is 1. The minimum Gasteiger partial charge on any atom is -0.359 e. The van der Waals surface area contributed by atoms with E-state index in [4.69, 9.17) is 4.52 Å². The van der Waals surface area contributed by atoms with Gasteiger partial charge in [0.05, 0.1) is 0 Å². The standard InChI is InChI=1S/C13H21N3O2/c1-9-12(10(2)18-15-9)16(3)13(17)14-11-7-5-4-6-8-11/h11H,4-8H2,1-3H3,(H,14,17). The minimum atomic E-state index is -0.0729. The van der Waals surface area contributed by atoms with Crippen molar-refractivity contribution in [3.63, 3.8) is 0 Å². The molecule has 0 saturated heterocycles. The molecular formula is C13H21N3O2. The molecule has 1 aliphatic rings. The number of rotatable bonds is 2. The maximum atomic E-state index is 12.2. The zero-order valence-corrected chi connectivity index (χ0v) is 11.3. The van der Waals surface area contributed by atoms with E-state index in [1.807, 2.05) is 13.8 Å². The second kappa shape index (κ2) is 5.42. The Labute approximate surface area is 108 Å². The Morgan fingerprint density at radius 1 is 1.33 bits per heavy atom. The largest absolute Gasteiger partial charge is 0.359 e. The fourth-order valence-electron chi connectivity index (χ4n) is 2.58. The zero-order chi connectivity index (χ0) is 13.1. The van der Waals surface area contributed by atoms with Crippen LogP contribution in [-0.4, -0.2) is 24.3 Å². The number of hydrogen-bond donors (Lipinski definition) is 1. The van der Waals surface area contributed by atoms with Gasteiger partial charge in [0.25, 0.3) is 0 Å². The highest BCUT2D eigenvalue weighted by Gasteiger charge is 2.22. The van der Waals surface area contributed by atoms with Gasteiger partial charge in [0.15, 0.2) is 5.76 Å². The van der Waals surface area contributed by atoms with Crippen LogP contribution in [0.15, 0.2) is 4.52 Å². The highest BCUT2D eigenvalue weighted by atomic mass is 16.5. The van der Waals surface area contributed by atoms with Gasteiger partial charge in [-0.1, -0.05) is 24.4 Å². The third-order valence-electron chi connectivity index (χ3n) is 3.57. The smallest absolute Gasteiger partial charge is 0.321 e. The Hall–Kier alpha value is -1.52. The summed E-state index contributed by atoms with van der Waals surface area (Å²) < 4.78 is 5.08. The van der Waals surface area contributed by atoms with Gasteiger partial charge in [-0.05, 0) is 26.7 Å². The summed E-state index contributed by atoms with van der Waals surface area (Å²) in [4.78, 5) is 13.8. The van der Waals surface area contributed by atoms with Crippen molar-refractivity contribution in [3.05, 3.63) is 11.5 Å². The van der Waals surface area contributed by atoms with Crippen LogP contribution in [0, 0.1) is 13.8 Å². The van der Waals surface area contributed by atoms with Gasteiger partial charge in [0.1, 0.15) is 11.4 Å². The molecule has 100 valence electrons. The van der Waals surface area contributed by atoms with E-state index in [1.165, 1.54) is 19.3 Å². The van der Waals surface area contributed by atoms with Crippen LogP contribution < -0.4 is 10.2 Å². The van der Waals surface area contributed by atoms with Crippen LogP contribution in [0.25, 0.3) is 0 Å². The molecule has 0 aromatic carbocycles. The first kappa shape index (κ1) is 12.9. The second-order valence-corrected chi connectivity index (χ2v) is 5.02. The average molecular weight is 251 g/mol. The third-order valence-corrected chi connectivity index (χ3v) is 3.57. The topological polar surface area (TPSA) is 58.4 Å². The third kappa shape index (κ3) is 2.66. The van der Waals surface area contributed by atoms with E-state index in [9.17, 15) is 4.79 Å². The molecule has 0 unspecified atom stereocenters. The van der Waals surface area contributed by atoms with E-state index < -0.39 is 0 Å². The molecule has 0 spiro atoms. The lowest BCUT2D eigenvalue weighted by molar-refractivity contribution is 0.239. The number of nitrogens with zero attached hydrogens (tertiary/aromatic N) is 2. The first-order valence-electron chi connectivity index (χ1n) is 6.56. The number of urea groups is 1. The van der Waals surface area contributed by atoms with Crippen molar-refractivity contribution in [3.8, 4) is 0 Å². The molecule has 1 aliphatic carbocycles. The lowest BCUT2D eigenvalue weighted by Crippen LogP contribution is -2.44. The van der Waals surface area contributed by atoms with E-state index in [1.54, 1.807) is 11.9 Å². The normalized spacial score (nSPS) is 16.6. The zero-order valence-electron chi connectivity index (χ0n) is 11.3. The molecule has 1 saturated carbocycles. The van der Waals surface area contributed by atoms with Gasteiger partial charge in [0.2, 0.25) is 0 Å². The molecule has 1 N–H and O–H groups in total. The summed E-state index contributed by atoms with van der Waals surface area (Å²) in [6.45, 7) is 3.66. The fourth-order valence-corrected chi connectivity index (χ4v) is 2.58. The van der Waals surface area contributed by atoms with Crippen LogP contribution in [0.3, 0.4) is 0 Å².